The molecule has 0 saturated carbocycles. The second-order valence-corrected chi connectivity index (χ2v) is 17.3. The highest BCUT2D eigenvalue weighted by atomic mass is 16.7. The number of anilines is 1. The van der Waals surface area contributed by atoms with E-state index in [1.807, 2.05) is 6.92 Å². The predicted molar refractivity (Wildman–Crippen MR) is 236 cm³/mol. The summed E-state index contributed by atoms with van der Waals surface area (Å²) in [5.74, 6) is -3.80. The second kappa shape index (κ2) is 25.9. The van der Waals surface area contributed by atoms with E-state index in [0.29, 0.717) is 12.8 Å². The molecule has 0 bridgehead atoms. The van der Waals surface area contributed by atoms with Crippen molar-refractivity contribution in [3.05, 3.63) is 16.7 Å². The molecule has 2 aromatic rings. The number of nitrogens with one attached hydrogen (secondary N) is 6. The minimum atomic E-state index is -1.67. The van der Waals surface area contributed by atoms with Crippen molar-refractivity contribution in [2.75, 3.05) is 38.6 Å². The molecule has 3 fully saturated rings. The normalized spacial score (nSPS) is 30.8. The Hall–Kier alpha value is -5.02. The van der Waals surface area contributed by atoms with Gasteiger partial charge in [0.15, 0.2) is 30.0 Å². The van der Waals surface area contributed by atoms with E-state index < -0.39 is 159 Å². The van der Waals surface area contributed by atoms with Crippen molar-refractivity contribution < 1.29 is 88.5 Å². The molecule has 29 nitrogen and oxygen atoms in total. The molecule has 16 N–H and O–H groups in total. The van der Waals surface area contributed by atoms with Crippen LogP contribution in [0.3, 0.4) is 0 Å². The largest absolute Gasteiger partial charge is 0.394 e. The monoisotopic (exact) mass is 1000 g/mol. The van der Waals surface area contributed by atoms with Gasteiger partial charge in [-0.1, -0.05) is 26.2 Å². The van der Waals surface area contributed by atoms with Gasteiger partial charge in [0.1, 0.15) is 79.7 Å². The molecule has 2 aromatic heterocycles. The fraction of sp³-hybridized carbons (Fsp3) is 0.756. The standard InChI is InChI=1S/C41H66N10O19/c1-4-5-6-10-20(69-39-25(47-18(3)53)30(59)29(58)22(14-52)70-39)36(64)48-19(9-7-8-11-43-23(54)13-44-24(55)15-66-40-33(62)31(60)27(56)17(2)67-40)35(63)45-12-21-28(57)32(61)38(68-21)51-16-46-26-34(51)49-41(42)50-37(26)65/h16-17,19-22,25,27-33,38-40,52,56-62H,4-15H2,1-3H3,(H,43,54)(H,44,55)(H,45,63)(H,47,53)(H,48,64)(H3,42,49,50,65)/t17-,19-,20?,21+,22+,25+,27+,28+,29+,30+,31+,32+,33-,38+,39+,40-/m0/s1. The van der Waals surface area contributed by atoms with Crippen LogP contribution in [0.4, 0.5) is 5.95 Å². The van der Waals surface area contributed by atoms with Crippen LogP contribution < -0.4 is 37.9 Å². The van der Waals surface area contributed by atoms with Crippen LogP contribution in [0.25, 0.3) is 11.2 Å². The first-order valence-corrected chi connectivity index (χ1v) is 23.0. The summed E-state index contributed by atoms with van der Waals surface area (Å²) in [5, 5.41) is 95.7. The number of imidazole rings is 1. The molecule has 0 aromatic carbocycles. The number of amides is 5. The molecule has 0 aliphatic carbocycles. The van der Waals surface area contributed by atoms with Gasteiger partial charge in [0.05, 0.1) is 25.6 Å². The number of nitrogens with zero attached hydrogens (tertiary/aromatic N) is 3. The van der Waals surface area contributed by atoms with Gasteiger partial charge in [-0.25, -0.2) is 4.98 Å². The van der Waals surface area contributed by atoms with Crippen LogP contribution in [0.1, 0.15) is 71.9 Å². The Morgan fingerprint density at radius 3 is 2.24 bits per heavy atom. The smallest absolute Gasteiger partial charge is 0.280 e. The highest BCUT2D eigenvalue weighted by Crippen LogP contribution is 2.31. The van der Waals surface area contributed by atoms with Crippen LogP contribution in [0.15, 0.2) is 11.1 Å². The van der Waals surface area contributed by atoms with Crippen molar-refractivity contribution in [1.82, 2.24) is 46.1 Å². The number of unbranched alkanes of at least 4 members (excludes halogenated alkanes) is 3. The third kappa shape index (κ3) is 14.3. The molecule has 16 atom stereocenters. The van der Waals surface area contributed by atoms with Crippen LogP contribution in [-0.2, 0) is 47.7 Å². The summed E-state index contributed by atoms with van der Waals surface area (Å²) in [6, 6.07) is -2.69. The van der Waals surface area contributed by atoms with E-state index in [1.165, 1.54) is 17.8 Å². The third-order valence-electron chi connectivity index (χ3n) is 12.0. The molecule has 3 aliphatic rings. The summed E-state index contributed by atoms with van der Waals surface area (Å²) in [7, 11) is 0. The molecule has 3 saturated heterocycles. The van der Waals surface area contributed by atoms with Gasteiger partial charge in [-0.2, -0.15) is 4.98 Å². The number of ether oxygens (including phenoxy) is 5. The maximum absolute atomic E-state index is 14.1. The SMILES string of the molecule is CCCCCC(O[C@@H]1O[C@H](CO)[C@@H](O)[C@H](O)[C@H]1NC(C)=O)C(=O)N[C@@H](CCCCNC(=O)CNC(=O)CO[C@H]1O[C@@H](C)[C@@H](O)[C@@H](O)[C@@H]1O)C(=O)NC[C@H]1O[C@@H](n2cnc3c(=O)[nH]c(N)nc32)[C@H](O)[C@@H]1O. The van der Waals surface area contributed by atoms with Crippen LogP contribution in [-0.4, -0.2) is 215 Å². The molecule has 3 aliphatic heterocycles. The number of aromatic amines is 1. The zero-order chi connectivity index (χ0) is 51.4. The van der Waals surface area contributed by atoms with Crippen molar-refractivity contribution >= 4 is 46.6 Å². The van der Waals surface area contributed by atoms with Crippen molar-refractivity contribution in [3.8, 4) is 0 Å². The Balaban J connectivity index is 1.22. The number of H-pyrrole nitrogens is 1. The number of aromatic nitrogens is 4. The number of aliphatic hydroxyl groups excluding tert-OH is 8. The van der Waals surface area contributed by atoms with E-state index in [2.05, 4.69) is 41.5 Å². The lowest BCUT2D eigenvalue weighted by Gasteiger charge is -2.43. The van der Waals surface area contributed by atoms with Crippen molar-refractivity contribution in [2.24, 2.45) is 0 Å². The van der Waals surface area contributed by atoms with E-state index in [4.69, 9.17) is 29.4 Å². The number of fused-ring (bicyclic) bond motifs is 1. The van der Waals surface area contributed by atoms with Gasteiger partial charge in [-0.3, -0.25) is 38.3 Å². The zero-order valence-electron chi connectivity index (χ0n) is 38.8. The first-order valence-electron chi connectivity index (χ1n) is 23.0. The first kappa shape index (κ1) is 55.9. The fourth-order valence-corrected chi connectivity index (χ4v) is 8.01. The number of nitrogen functional groups attached to an aromatic ring is 1. The number of hydrogen-bond donors (Lipinski definition) is 15. The summed E-state index contributed by atoms with van der Waals surface area (Å²) in [4.78, 5) is 87.8. The molecule has 29 heteroatoms. The maximum atomic E-state index is 14.1. The Bertz CT molecular complexity index is 2130. The average molecular weight is 1000 g/mol. The molecule has 5 heterocycles. The van der Waals surface area contributed by atoms with Crippen LogP contribution in [0.5, 0.6) is 0 Å². The van der Waals surface area contributed by atoms with E-state index >= 15 is 0 Å². The molecular formula is C41H66N10O19. The number of hydrogen-bond acceptors (Lipinski definition) is 22. The first-order chi connectivity index (χ1) is 33.2. The minimum Gasteiger partial charge on any atom is -0.394 e. The molecular weight excluding hydrogens is 937 g/mol. The Morgan fingerprint density at radius 2 is 1.54 bits per heavy atom. The van der Waals surface area contributed by atoms with E-state index in [-0.39, 0.29) is 49.3 Å². The summed E-state index contributed by atoms with van der Waals surface area (Å²) in [6.07, 6.45) is -16.7. The average Bonchev–Trinajstić information content (AvgIpc) is 3.87. The number of carbonyl (C=O) groups is 5. The van der Waals surface area contributed by atoms with Gasteiger partial charge in [-0.05, 0) is 32.6 Å². The second-order valence-electron chi connectivity index (χ2n) is 17.3. The lowest BCUT2D eigenvalue weighted by molar-refractivity contribution is -0.291. The summed E-state index contributed by atoms with van der Waals surface area (Å²) in [5.41, 5.74) is 4.89. The minimum absolute atomic E-state index is 0.0440. The molecule has 5 rings (SSSR count). The number of nitrogens with two attached hydrogens (primary N) is 1. The summed E-state index contributed by atoms with van der Waals surface area (Å²) < 4.78 is 29.4. The van der Waals surface area contributed by atoms with Crippen LogP contribution >= 0.6 is 0 Å². The molecule has 70 heavy (non-hydrogen) atoms. The van der Waals surface area contributed by atoms with Gasteiger partial charge in [0, 0.05) is 20.0 Å². The van der Waals surface area contributed by atoms with Gasteiger partial charge >= 0.3 is 0 Å². The summed E-state index contributed by atoms with van der Waals surface area (Å²) in [6.45, 7) is 2.30. The van der Waals surface area contributed by atoms with Crippen LogP contribution in [0.2, 0.25) is 0 Å². The van der Waals surface area contributed by atoms with E-state index in [0.717, 1.165) is 13.3 Å². The van der Waals surface area contributed by atoms with E-state index in [9.17, 15) is 69.6 Å². The number of aliphatic hydroxyl groups is 8. The predicted octanol–water partition coefficient (Wildman–Crippen LogP) is -6.92. The van der Waals surface area contributed by atoms with E-state index in [1.54, 1.807) is 0 Å². The Morgan fingerprint density at radius 1 is 0.829 bits per heavy atom. The lowest BCUT2D eigenvalue weighted by atomic mass is 9.96. The lowest BCUT2D eigenvalue weighted by Crippen LogP contribution is -2.65. The summed E-state index contributed by atoms with van der Waals surface area (Å²) >= 11 is 0. The van der Waals surface area contributed by atoms with Crippen molar-refractivity contribution in [3.63, 3.8) is 0 Å². The van der Waals surface area contributed by atoms with Crippen LogP contribution in [0, 0.1) is 0 Å². The zero-order valence-corrected chi connectivity index (χ0v) is 38.8. The third-order valence-corrected chi connectivity index (χ3v) is 12.0. The maximum Gasteiger partial charge on any atom is 0.280 e. The quantitative estimate of drug-likeness (QED) is 0.0435. The highest BCUT2D eigenvalue weighted by molar-refractivity contribution is 5.89. The Kier molecular flexibility index (Phi) is 20.7. The highest BCUT2D eigenvalue weighted by Gasteiger charge is 2.48. The van der Waals surface area contributed by atoms with Crippen molar-refractivity contribution in [1.29, 1.82) is 0 Å². The number of rotatable bonds is 24. The van der Waals surface area contributed by atoms with Gasteiger partial charge in [-0.15, -0.1) is 0 Å². The molecule has 0 radical (unpaired) electrons. The molecule has 5 amide bonds. The molecule has 394 valence electrons. The molecule has 0 spiro atoms. The number of carbonyl (C=O) groups excluding carboxylic acids is 5. The topological polar surface area (TPSA) is 443 Å². The van der Waals surface area contributed by atoms with Gasteiger partial charge in [0.25, 0.3) is 5.56 Å². The van der Waals surface area contributed by atoms with Crippen molar-refractivity contribution in [2.45, 2.75) is 164 Å². The molecule has 1 unspecified atom stereocenters. The van der Waals surface area contributed by atoms with Gasteiger partial charge in [0.2, 0.25) is 35.5 Å². The fourth-order valence-electron chi connectivity index (χ4n) is 8.01. The Labute approximate surface area is 399 Å². The van der Waals surface area contributed by atoms with Gasteiger partial charge < -0.3 is 96.9 Å².